The average Bonchev–Trinajstić information content (AvgIpc) is 2.27. The summed E-state index contributed by atoms with van der Waals surface area (Å²) in [5, 5.41) is 9.12. The molecular formula is C12H10ClN3O2. The van der Waals surface area contributed by atoms with Crippen LogP contribution in [0.25, 0.3) is 0 Å². The smallest absolute Gasteiger partial charge is 0.335 e. The molecule has 1 aromatic heterocycles. The molecule has 1 heterocycles. The highest BCUT2D eigenvalue weighted by molar-refractivity contribution is 6.28. The molecule has 0 aliphatic rings. The lowest BCUT2D eigenvalue weighted by Crippen LogP contribution is -2.05. The quantitative estimate of drug-likeness (QED) is 0.827. The van der Waals surface area contributed by atoms with Gasteiger partial charge in [0.1, 0.15) is 5.82 Å². The molecule has 0 atom stereocenters. The van der Waals surface area contributed by atoms with Gasteiger partial charge in [-0.05, 0) is 23.2 Å². The van der Waals surface area contributed by atoms with Crippen LogP contribution in [-0.4, -0.2) is 21.0 Å². The van der Waals surface area contributed by atoms with Crippen molar-refractivity contribution >= 4 is 23.4 Å². The number of nitrogens with two attached hydrogens (primary N) is 1. The average molecular weight is 264 g/mol. The Morgan fingerprint density at radius 1 is 1.33 bits per heavy atom. The van der Waals surface area contributed by atoms with Crippen molar-refractivity contribution in [2.75, 3.05) is 5.73 Å². The first kappa shape index (κ1) is 12.3. The zero-order valence-corrected chi connectivity index (χ0v) is 10.1. The third-order valence-electron chi connectivity index (χ3n) is 2.39. The Balaban J connectivity index is 2.37. The first-order chi connectivity index (χ1) is 8.56. The minimum Gasteiger partial charge on any atom is -0.478 e. The zero-order chi connectivity index (χ0) is 13.1. The van der Waals surface area contributed by atoms with Crippen molar-refractivity contribution in [2.45, 2.75) is 6.42 Å². The minimum atomic E-state index is -0.973. The maximum absolute atomic E-state index is 11.1. The number of aromatic nitrogens is 2. The Kier molecular flexibility index (Phi) is 3.43. The summed E-state index contributed by atoms with van der Waals surface area (Å²) in [7, 11) is 0. The minimum absolute atomic E-state index is 0.0535. The summed E-state index contributed by atoms with van der Waals surface area (Å²) < 4.78 is 0. The molecule has 0 aliphatic carbocycles. The fraction of sp³-hybridized carbons (Fsp3) is 0.0833. The zero-order valence-electron chi connectivity index (χ0n) is 9.30. The van der Waals surface area contributed by atoms with Gasteiger partial charge in [-0.25, -0.2) is 14.8 Å². The molecule has 2 aromatic rings. The second kappa shape index (κ2) is 5.01. The fourth-order valence-corrected chi connectivity index (χ4v) is 1.86. The van der Waals surface area contributed by atoms with Crippen molar-refractivity contribution in [3.63, 3.8) is 0 Å². The normalized spacial score (nSPS) is 10.3. The van der Waals surface area contributed by atoms with Gasteiger partial charge in [0.05, 0.1) is 11.3 Å². The molecule has 5 nitrogen and oxygen atoms in total. The highest BCUT2D eigenvalue weighted by Gasteiger charge is 2.10. The summed E-state index contributed by atoms with van der Waals surface area (Å²) in [5.41, 5.74) is 7.04. The van der Waals surface area contributed by atoms with E-state index in [9.17, 15) is 4.79 Å². The van der Waals surface area contributed by atoms with Gasteiger partial charge in [0.15, 0.2) is 0 Å². The molecule has 0 fully saturated rings. The number of halogens is 1. The Hall–Kier alpha value is -2.14. The predicted molar refractivity (Wildman–Crippen MR) is 67.7 cm³/mol. The van der Waals surface area contributed by atoms with E-state index in [0.717, 1.165) is 0 Å². The van der Waals surface area contributed by atoms with E-state index in [2.05, 4.69) is 9.97 Å². The Labute approximate surface area is 108 Å². The van der Waals surface area contributed by atoms with Gasteiger partial charge < -0.3 is 10.8 Å². The van der Waals surface area contributed by atoms with Crippen LogP contribution in [0.4, 0.5) is 5.82 Å². The molecule has 0 bridgehead atoms. The van der Waals surface area contributed by atoms with Crippen molar-refractivity contribution in [2.24, 2.45) is 0 Å². The maximum Gasteiger partial charge on any atom is 0.335 e. The standard InChI is InChI=1S/C12H10ClN3O2/c13-12-15-8(6-10(14)16-12)5-7-3-1-2-4-9(7)11(17)18/h1-4,6H,5H2,(H,17,18)(H2,14,15,16). The van der Waals surface area contributed by atoms with Crippen LogP contribution in [0, 0.1) is 0 Å². The number of carboxylic acid groups (broad SMARTS) is 1. The molecule has 0 radical (unpaired) electrons. The van der Waals surface area contributed by atoms with Crippen LogP contribution in [0.2, 0.25) is 5.28 Å². The van der Waals surface area contributed by atoms with Gasteiger partial charge in [0.2, 0.25) is 5.28 Å². The van der Waals surface area contributed by atoms with Crippen molar-refractivity contribution in [1.82, 2.24) is 9.97 Å². The second-order valence-electron chi connectivity index (χ2n) is 3.69. The van der Waals surface area contributed by atoms with Crippen molar-refractivity contribution in [3.8, 4) is 0 Å². The number of nitrogens with zero attached hydrogens (tertiary/aromatic N) is 2. The SMILES string of the molecule is Nc1cc(Cc2ccccc2C(=O)O)nc(Cl)n1. The van der Waals surface area contributed by atoms with E-state index < -0.39 is 5.97 Å². The number of hydrogen-bond donors (Lipinski definition) is 2. The summed E-state index contributed by atoms with van der Waals surface area (Å²) in [5.74, 6) is -0.712. The molecule has 0 saturated carbocycles. The van der Waals surface area contributed by atoms with Crippen LogP contribution in [0.3, 0.4) is 0 Å². The highest BCUT2D eigenvalue weighted by atomic mass is 35.5. The molecular weight excluding hydrogens is 254 g/mol. The Morgan fingerprint density at radius 3 is 2.72 bits per heavy atom. The lowest BCUT2D eigenvalue weighted by atomic mass is 10.0. The van der Waals surface area contributed by atoms with E-state index in [0.29, 0.717) is 17.7 Å². The number of carbonyl (C=O) groups is 1. The van der Waals surface area contributed by atoms with E-state index in [-0.39, 0.29) is 16.7 Å². The molecule has 1 aromatic carbocycles. The third-order valence-corrected chi connectivity index (χ3v) is 2.56. The molecule has 0 amide bonds. The van der Waals surface area contributed by atoms with E-state index in [1.807, 2.05) is 0 Å². The number of carboxylic acids is 1. The summed E-state index contributed by atoms with van der Waals surface area (Å²) in [4.78, 5) is 18.8. The first-order valence-corrected chi connectivity index (χ1v) is 5.54. The van der Waals surface area contributed by atoms with Crippen LogP contribution in [0.5, 0.6) is 0 Å². The Bertz CT molecular complexity index is 581. The number of anilines is 1. The van der Waals surface area contributed by atoms with Gasteiger partial charge in [-0.1, -0.05) is 18.2 Å². The molecule has 2 rings (SSSR count). The van der Waals surface area contributed by atoms with Gasteiger partial charge >= 0.3 is 5.97 Å². The number of benzene rings is 1. The van der Waals surface area contributed by atoms with Crippen LogP contribution in [0.1, 0.15) is 21.6 Å². The Morgan fingerprint density at radius 2 is 2.06 bits per heavy atom. The molecule has 0 unspecified atom stereocenters. The number of rotatable bonds is 3. The number of nitrogen functional groups attached to an aromatic ring is 1. The van der Waals surface area contributed by atoms with Crippen LogP contribution >= 0.6 is 11.6 Å². The first-order valence-electron chi connectivity index (χ1n) is 5.16. The van der Waals surface area contributed by atoms with Crippen molar-refractivity contribution < 1.29 is 9.90 Å². The lowest BCUT2D eigenvalue weighted by Gasteiger charge is -2.06. The maximum atomic E-state index is 11.1. The highest BCUT2D eigenvalue weighted by Crippen LogP contribution is 2.15. The predicted octanol–water partition coefficient (Wildman–Crippen LogP) is 2.00. The molecule has 18 heavy (non-hydrogen) atoms. The van der Waals surface area contributed by atoms with Gasteiger partial charge in [0.25, 0.3) is 0 Å². The number of hydrogen-bond acceptors (Lipinski definition) is 4. The molecule has 0 aliphatic heterocycles. The van der Waals surface area contributed by atoms with Gasteiger partial charge in [-0.3, -0.25) is 0 Å². The fourth-order valence-electron chi connectivity index (χ4n) is 1.65. The van der Waals surface area contributed by atoms with Gasteiger partial charge in [0, 0.05) is 12.5 Å². The van der Waals surface area contributed by atoms with E-state index >= 15 is 0 Å². The molecule has 3 N–H and O–H groups in total. The molecule has 0 spiro atoms. The molecule has 0 saturated heterocycles. The van der Waals surface area contributed by atoms with E-state index in [1.54, 1.807) is 30.3 Å². The summed E-state index contributed by atoms with van der Waals surface area (Å²) in [6.45, 7) is 0. The van der Waals surface area contributed by atoms with Crippen LogP contribution < -0.4 is 5.73 Å². The van der Waals surface area contributed by atoms with Crippen molar-refractivity contribution in [3.05, 3.63) is 52.4 Å². The van der Waals surface area contributed by atoms with E-state index in [1.165, 1.54) is 0 Å². The topological polar surface area (TPSA) is 89.1 Å². The summed E-state index contributed by atoms with van der Waals surface area (Å²) >= 11 is 5.70. The molecule has 92 valence electrons. The van der Waals surface area contributed by atoms with E-state index in [4.69, 9.17) is 22.4 Å². The van der Waals surface area contributed by atoms with Crippen LogP contribution in [0.15, 0.2) is 30.3 Å². The summed E-state index contributed by atoms with van der Waals surface area (Å²) in [6.07, 6.45) is 0.342. The monoisotopic (exact) mass is 263 g/mol. The largest absolute Gasteiger partial charge is 0.478 e. The second-order valence-corrected chi connectivity index (χ2v) is 4.03. The lowest BCUT2D eigenvalue weighted by molar-refractivity contribution is 0.0696. The molecule has 6 heteroatoms. The van der Waals surface area contributed by atoms with Crippen LogP contribution in [-0.2, 0) is 6.42 Å². The van der Waals surface area contributed by atoms with Gasteiger partial charge in [-0.2, -0.15) is 0 Å². The third kappa shape index (κ3) is 2.75. The number of aromatic carboxylic acids is 1. The van der Waals surface area contributed by atoms with Crippen molar-refractivity contribution in [1.29, 1.82) is 0 Å². The summed E-state index contributed by atoms with van der Waals surface area (Å²) in [6, 6.07) is 8.30. The van der Waals surface area contributed by atoms with Gasteiger partial charge in [-0.15, -0.1) is 0 Å².